The van der Waals surface area contributed by atoms with E-state index in [4.69, 9.17) is 22.2 Å². The molecule has 1 rings (SSSR count). The summed E-state index contributed by atoms with van der Waals surface area (Å²) in [4.78, 5) is 0. The summed E-state index contributed by atoms with van der Waals surface area (Å²) >= 11 is 5.97. The Morgan fingerprint density at radius 1 is 1.50 bits per heavy atom. The molecule has 0 fully saturated rings. The second-order valence-corrected chi connectivity index (χ2v) is 3.61. The van der Waals surface area contributed by atoms with E-state index in [1.54, 1.807) is 12.1 Å². The van der Waals surface area contributed by atoms with E-state index in [1.165, 1.54) is 0 Å². The molecule has 4 heteroatoms. The van der Waals surface area contributed by atoms with Crippen molar-refractivity contribution in [3.8, 4) is 5.75 Å². The van der Waals surface area contributed by atoms with E-state index in [1.807, 2.05) is 25.2 Å². The lowest BCUT2D eigenvalue weighted by Gasteiger charge is -2.10. The van der Waals surface area contributed by atoms with Crippen LogP contribution in [0.4, 0.5) is 0 Å². The molecule has 14 heavy (non-hydrogen) atoms. The zero-order valence-corrected chi connectivity index (χ0v) is 9.21. The summed E-state index contributed by atoms with van der Waals surface area (Å²) in [6, 6.07) is 5.77. The van der Waals surface area contributed by atoms with Crippen LogP contribution in [0.5, 0.6) is 5.75 Å². The number of benzene rings is 1. The normalized spacial score (nSPS) is 10.6. The molecule has 3 nitrogen and oxygen atoms in total. The Labute approximate surface area is 89.4 Å². The van der Waals surface area contributed by atoms with Crippen LogP contribution in [0, 0.1) is 0 Å². The lowest BCUT2D eigenvalue weighted by atomic mass is 10.1. The number of nitrogens with two attached hydrogens (primary N) is 1. The Morgan fingerprint density at radius 2 is 2.21 bits per heavy atom. The number of hydrogen-bond acceptors (Lipinski definition) is 3. The number of methoxy groups -OCH3 is 1. The average Bonchev–Trinajstić information content (AvgIpc) is 2.15. The minimum Gasteiger partial charge on any atom is -0.495 e. The maximum Gasteiger partial charge on any atom is 0.137 e. The van der Waals surface area contributed by atoms with Gasteiger partial charge < -0.3 is 4.74 Å². The van der Waals surface area contributed by atoms with Crippen LogP contribution >= 0.6 is 11.6 Å². The van der Waals surface area contributed by atoms with Gasteiger partial charge in [-0.3, -0.25) is 5.84 Å². The average molecular weight is 215 g/mol. The van der Waals surface area contributed by atoms with Gasteiger partial charge in [0.25, 0.3) is 0 Å². The van der Waals surface area contributed by atoms with Gasteiger partial charge in [0, 0.05) is 13.6 Å². The van der Waals surface area contributed by atoms with Crippen molar-refractivity contribution in [2.75, 3.05) is 20.7 Å². The largest absolute Gasteiger partial charge is 0.495 e. The SMILES string of the molecule is COc1ccc(CCN(C)N)cc1Cl. The Bertz CT molecular complexity index is 302. The number of hydrazine groups is 1. The summed E-state index contributed by atoms with van der Waals surface area (Å²) < 4.78 is 5.06. The standard InChI is InChI=1S/C10H15ClN2O/c1-13(12)6-5-8-3-4-10(14-2)9(11)7-8/h3-4,7H,5-6,12H2,1-2H3. The Kier molecular flexibility index (Phi) is 4.20. The lowest BCUT2D eigenvalue weighted by Crippen LogP contribution is -2.28. The van der Waals surface area contributed by atoms with Crippen LogP contribution in [-0.2, 0) is 6.42 Å². The molecule has 1 aromatic rings. The van der Waals surface area contributed by atoms with Crippen LogP contribution < -0.4 is 10.6 Å². The van der Waals surface area contributed by atoms with Crippen LogP contribution in [0.2, 0.25) is 5.02 Å². The summed E-state index contributed by atoms with van der Waals surface area (Å²) in [6.07, 6.45) is 0.886. The van der Waals surface area contributed by atoms with E-state index in [9.17, 15) is 0 Å². The third-order valence-electron chi connectivity index (χ3n) is 1.97. The Morgan fingerprint density at radius 3 is 2.71 bits per heavy atom. The number of rotatable bonds is 4. The molecule has 0 aromatic heterocycles. The van der Waals surface area contributed by atoms with E-state index in [0.29, 0.717) is 10.8 Å². The van der Waals surface area contributed by atoms with Gasteiger partial charge in [0.05, 0.1) is 12.1 Å². The fraction of sp³-hybridized carbons (Fsp3) is 0.400. The van der Waals surface area contributed by atoms with Gasteiger partial charge in [-0.05, 0) is 24.1 Å². The smallest absolute Gasteiger partial charge is 0.137 e. The predicted molar refractivity (Wildman–Crippen MR) is 58.5 cm³/mol. The third-order valence-corrected chi connectivity index (χ3v) is 2.26. The summed E-state index contributed by atoms with van der Waals surface area (Å²) in [6.45, 7) is 0.808. The van der Waals surface area contributed by atoms with Crippen molar-refractivity contribution in [1.29, 1.82) is 0 Å². The van der Waals surface area contributed by atoms with Crippen LogP contribution in [-0.4, -0.2) is 25.7 Å². The molecule has 1 aromatic carbocycles. The van der Waals surface area contributed by atoms with Gasteiger partial charge in [0.2, 0.25) is 0 Å². The maximum atomic E-state index is 5.97. The highest BCUT2D eigenvalue weighted by molar-refractivity contribution is 6.32. The molecule has 0 aliphatic carbocycles. The van der Waals surface area contributed by atoms with Gasteiger partial charge in [-0.15, -0.1) is 0 Å². The number of likely N-dealkylation sites (N-methyl/N-ethyl adjacent to an activating group) is 1. The highest BCUT2D eigenvalue weighted by Crippen LogP contribution is 2.24. The molecular formula is C10H15ClN2O. The molecule has 0 unspecified atom stereocenters. The second kappa shape index (κ2) is 5.20. The predicted octanol–water partition coefficient (Wildman–Crippen LogP) is 1.70. The first-order valence-electron chi connectivity index (χ1n) is 4.41. The van der Waals surface area contributed by atoms with Crippen LogP contribution in [0.3, 0.4) is 0 Å². The topological polar surface area (TPSA) is 38.5 Å². The maximum absolute atomic E-state index is 5.97. The summed E-state index contributed by atoms with van der Waals surface area (Å²) in [5, 5.41) is 2.29. The molecule has 0 radical (unpaired) electrons. The van der Waals surface area contributed by atoms with Crippen molar-refractivity contribution in [2.24, 2.45) is 5.84 Å². The highest BCUT2D eigenvalue weighted by atomic mass is 35.5. The number of hydrogen-bond donors (Lipinski definition) is 1. The van der Waals surface area contributed by atoms with Crippen LogP contribution in [0.25, 0.3) is 0 Å². The van der Waals surface area contributed by atoms with Crippen molar-refractivity contribution >= 4 is 11.6 Å². The number of nitrogens with zero attached hydrogens (tertiary/aromatic N) is 1. The van der Waals surface area contributed by atoms with Gasteiger partial charge in [-0.25, -0.2) is 5.01 Å². The van der Waals surface area contributed by atoms with Crippen LogP contribution in [0.15, 0.2) is 18.2 Å². The monoisotopic (exact) mass is 214 g/mol. The molecule has 0 saturated carbocycles. The molecule has 0 aliphatic rings. The van der Waals surface area contributed by atoms with Gasteiger partial charge in [0.15, 0.2) is 0 Å². The fourth-order valence-corrected chi connectivity index (χ4v) is 1.45. The molecule has 0 bridgehead atoms. The quantitative estimate of drug-likeness (QED) is 0.613. The summed E-state index contributed by atoms with van der Waals surface area (Å²) in [5.41, 5.74) is 1.16. The minimum atomic E-state index is 0.643. The highest BCUT2D eigenvalue weighted by Gasteiger charge is 2.01. The molecule has 0 atom stereocenters. The first kappa shape index (κ1) is 11.3. The van der Waals surface area contributed by atoms with Crippen molar-refractivity contribution in [3.63, 3.8) is 0 Å². The van der Waals surface area contributed by atoms with Gasteiger partial charge in [0.1, 0.15) is 5.75 Å². The molecule has 0 amide bonds. The molecule has 0 aliphatic heterocycles. The van der Waals surface area contributed by atoms with Crippen LogP contribution in [0.1, 0.15) is 5.56 Å². The Balaban J connectivity index is 2.66. The van der Waals surface area contributed by atoms with Gasteiger partial charge in [-0.1, -0.05) is 17.7 Å². The number of halogens is 1. The number of ether oxygens (including phenoxy) is 1. The van der Waals surface area contributed by atoms with E-state index < -0.39 is 0 Å². The van der Waals surface area contributed by atoms with Gasteiger partial charge in [-0.2, -0.15) is 0 Å². The molecular weight excluding hydrogens is 200 g/mol. The van der Waals surface area contributed by atoms with Crippen molar-refractivity contribution in [3.05, 3.63) is 28.8 Å². The molecule has 0 saturated heterocycles. The third kappa shape index (κ3) is 3.18. The summed E-state index contributed by atoms with van der Waals surface area (Å²) in [5.74, 6) is 6.22. The first-order chi connectivity index (χ1) is 6.63. The molecule has 0 heterocycles. The van der Waals surface area contributed by atoms with E-state index in [-0.39, 0.29) is 0 Å². The lowest BCUT2D eigenvalue weighted by molar-refractivity contribution is 0.354. The molecule has 0 spiro atoms. The van der Waals surface area contributed by atoms with E-state index >= 15 is 0 Å². The van der Waals surface area contributed by atoms with E-state index in [0.717, 1.165) is 18.5 Å². The van der Waals surface area contributed by atoms with Gasteiger partial charge >= 0.3 is 0 Å². The molecule has 2 N–H and O–H groups in total. The zero-order chi connectivity index (χ0) is 10.6. The summed E-state index contributed by atoms with van der Waals surface area (Å²) in [7, 11) is 3.44. The zero-order valence-electron chi connectivity index (χ0n) is 8.46. The second-order valence-electron chi connectivity index (χ2n) is 3.20. The fourth-order valence-electron chi connectivity index (χ4n) is 1.17. The minimum absolute atomic E-state index is 0.643. The first-order valence-corrected chi connectivity index (χ1v) is 4.79. The molecule has 78 valence electrons. The van der Waals surface area contributed by atoms with Crippen molar-refractivity contribution in [1.82, 2.24) is 5.01 Å². The van der Waals surface area contributed by atoms with E-state index in [2.05, 4.69) is 0 Å². The van der Waals surface area contributed by atoms with Crippen molar-refractivity contribution in [2.45, 2.75) is 6.42 Å². The Hall–Kier alpha value is -0.770. The van der Waals surface area contributed by atoms with Crippen molar-refractivity contribution < 1.29 is 4.74 Å².